The van der Waals surface area contributed by atoms with E-state index in [1.165, 1.54) is 0 Å². The van der Waals surface area contributed by atoms with Gasteiger partial charge in [0.1, 0.15) is 0 Å². The summed E-state index contributed by atoms with van der Waals surface area (Å²) in [7, 11) is 0. The van der Waals surface area contributed by atoms with E-state index in [9.17, 15) is 4.79 Å². The van der Waals surface area contributed by atoms with E-state index in [4.69, 9.17) is 10.8 Å². The molecule has 4 heteroatoms. The molecular formula is C8H16N2O2. The van der Waals surface area contributed by atoms with E-state index in [0.717, 1.165) is 12.8 Å². The van der Waals surface area contributed by atoms with Gasteiger partial charge in [0.15, 0.2) is 0 Å². The number of aliphatic hydroxyl groups excluding tert-OH is 1. The highest BCUT2D eigenvalue weighted by molar-refractivity contribution is 5.72. The molecule has 4 nitrogen and oxygen atoms in total. The molecule has 3 N–H and O–H groups in total. The topological polar surface area (TPSA) is 66.6 Å². The lowest BCUT2D eigenvalue weighted by Crippen LogP contribution is -2.49. The van der Waals surface area contributed by atoms with Crippen LogP contribution in [0.25, 0.3) is 0 Å². The molecular weight excluding hydrogens is 156 g/mol. The van der Waals surface area contributed by atoms with Gasteiger partial charge in [0.25, 0.3) is 0 Å². The standard InChI is InChI=1S/C8H16N2O2/c1-6-2-3-10(8(9)12)7(4-6)5-11/h6-7,11H,2-5H2,1H3,(H2,9,12). The Balaban J connectivity index is 2.56. The first kappa shape index (κ1) is 9.32. The molecule has 1 aliphatic rings. The van der Waals surface area contributed by atoms with Crippen LogP contribution in [-0.4, -0.2) is 35.2 Å². The van der Waals surface area contributed by atoms with Gasteiger partial charge in [-0.3, -0.25) is 0 Å². The van der Waals surface area contributed by atoms with Crippen molar-refractivity contribution < 1.29 is 9.90 Å². The van der Waals surface area contributed by atoms with Gasteiger partial charge in [-0.2, -0.15) is 0 Å². The minimum absolute atomic E-state index is 0.0211. The molecule has 1 saturated heterocycles. The molecule has 0 spiro atoms. The minimum Gasteiger partial charge on any atom is -0.394 e. The van der Waals surface area contributed by atoms with Crippen molar-refractivity contribution in [3.8, 4) is 0 Å². The number of carbonyl (C=O) groups is 1. The molecule has 2 atom stereocenters. The molecule has 1 rings (SSSR count). The van der Waals surface area contributed by atoms with Crippen molar-refractivity contribution in [3.05, 3.63) is 0 Å². The van der Waals surface area contributed by atoms with Gasteiger partial charge in [-0.05, 0) is 18.8 Å². The summed E-state index contributed by atoms with van der Waals surface area (Å²) < 4.78 is 0. The van der Waals surface area contributed by atoms with Gasteiger partial charge in [-0.25, -0.2) is 4.79 Å². The van der Waals surface area contributed by atoms with Crippen molar-refractivity contribution in [3.63, 3.8) is 0 Å². The lowest BCUT2D eigenvalue weighted by Gasteiger charge is -2.36. The summed E-state index contributed by atoms with van der Waals surface area (Å²) in [4.78, 5) is 12.4. The van der Waals surface area contributed by atoms with Gasteiger partial charge < -0.3 is 15.7 Å². The summed E-state index contributed by atoms with van der Waals surface area (Å²) in [6.07, 6.45) is 1.85. The van der Waals surface area contributed by atoms with E-state index in [1.54, 1.807) is 4.90 Å². The first-order chi connectivity index (χ1) is 5.65. The summed E-state index contributed by atoms with van der Waals surface area (Å²) in [5.74, 6) is 0.581. The third kappa shape index (κ3) is 1.88. The Morgan fingerprint density at radius 3 is 2.92 bits per heavy atom. The highest BCUT2D eigenvalue weighted by atomic mass is 16.3. The maximum absolute atomic E-state index is 10.9. The molecule has 1 fully saturated rings. The van der Waals surface area contributed by atoms with Crippen molar-refractivity contribution in [2.24, 2.45) is 11.7 Å². The second-order valence-corrected chi connectivity index (χ2v) is 3.50. The first-order valence-electron chi connectivity index (χ1n) is 4.32. The number of nitrogens with zero attached hydrogens (tertiary/aromatic N) is 1. The van der Waals surface area contributed by atoms with Crippen molar-refractivity contribution >= 4 is 6.03 Å². The van der Waals surface area contributed by atoms with E-state index in [-0.39, 0.29) is 12.6 Å². The third-order valence-electron chi connectivity index (χ3n) is 2.47. The van der Waals surface area contributed by atoms with Crippen molar-refractivity contribution in [2.75, 3.05) is 13.2 Å². The molecule has 2 amide bonds. The second kappa shape index (κ2) is 3.76. The molecule has 0 aromatic heterocycles. The number of amides is 2. The largest absolute Gasteiger partial charge is 0.394 e. The van der Waals surface area contributed by atoms with Crippen LogP contribution in [0.2, 0.25) is 0 Å². The summed E-state index contributed by atoms with van der Waals surface area (Å²) >= 11 is 0. The molecule has 0 radical (unpaired) electrons. The Labute approximate surface area is 72.3 Å². The molecule has 2 unspecified atom stereocenters. The van der Waals surface area contributed by atoms with E-state index < -0.39 is 6.03 Å². The Hall–Kier alpha value is -0.770. The fourth-order valence-corrected chi connectivity index (χ4v) is 1.71. The van der Waals surface area contributed by atoms with Crippen LogP contribution in [0.1, 0.15) is 19.8 Å². The van der Waals surface area contributed by atoms with E-state index in [1.807, 2.05) is 0 Å². The van der Waals surface area contributed by atoms with Crippen LogP contribution in [0.4, 0.5) is 4.79 Å². The summed E-state index contributed by atoms with van der Waals surface area (Å²) in [6, 6.07) is -0.479. The van der Waals surface area contributed by atoms with Crippen LogP contribution in [0.3, 0.4) is 0 Å². The number of hydrogen-bond donors (Lipinski definition) is 2. The Morgan fingerprint density at radius 2 is 2.42 bits per heavy atom. The smallest absolute Gasteiger partial charge is 0.315 e. The van der Waals surface area contributed by atoms with Crippen molar-refractivity contribution in [2.45, 2.75) is 25.8 Å². The van der Waals surface area contributed by atoms with Crippen LogP contribution >= 0.6 is 0 Å². The Bertz CT molecular complexity index is 172. The molecule has 70 valence electrons. The SMILES string of the molecule is CC1CCN(C(N)=O)C(CO)C1. The predicted octanol–water partition coefficient (Wildman–Crippen LogP) is 0.158. The average molecular weight is 172 g/mol. The summed E-state index contributed by atoms with van der Waals surface area (Å²) in [5, 5.41) is 8.98. The van der Waals surface area contributed by atoms with Gasteiger partial charge in [0.2, 0.25) is 0 Å². The van der Waals surface area contributed by atoms with Crippen LogP contribution < -0.4 is 5.73 Å². The van der Waals surface area contributed by atoms with Crippen molar-refractivity contribution in [1.29, 1.82) is 0 Å². The van der Waals surface area contributed by atoms with Gasteiger partial charge in [-0.15, -0.1) is 0 Å². The molecule has 12 heavy (non-hydrogen) atoms. The zero-order chi connectivity index (χ0) is 9.14. The summed E-state index contributed by atoms with van der Waals surface area (Å²) in [5.41, 5.74) is 5.15. The number of primary amides is 1. The molecule has 0 aromatic carbocycles. The quantitative estimate of drug-likeness (QED) is 0.591. The number of rotatable bonds is 1. The van der Waals surface area contributed by atoms with E-state index in [0.29, 0.717) is 12.5 Å². The maximum Gasteiger partial charge on any atom is 0.315 e. The number of nitrogens with two attached hydrogens (primary N) is 1. The maximum atomic E-state index is 10.9. The number of hydrogen-bond acceptors (Lipinski definition) is 2. The summed E-state index contributed by atoms with van der Waals surface area (Å²) in [6.45, 7) is 2.83. The van der Waals surface area contributed by atoms with Crippen molar-refractivity contribution in [1.82, 2.24) is 4.90 Å². The predicted molar refractivity (Wildman–Crippen MR) is 45.6 cm³/mol. The van der Waals surface area contributed by atoms with Gasteiger partial charge >= 0.3 is 6.03 Å². The average Bonchev–Trinajstić information content (AvgIpc) is 2.03. The zero-order valence-electron chi connectivity index (χ0n) is 7.36. The number of piperidine rings is 1. The molecule has 1 heterocycles. The van der Waals surface area contributed by atoms with Crippen LogP contribution in [0.15, 0.2) is 0 Å². The molecule has 1 aliphatic heterocycles. The van der Waals surface area contributed by atoms with Gasteiger partial charge in [-0.1, -0.05) is 6.92 Å². The Kier molecular flexibility index (Phi) is 2.92. The number of aliphatic hydroxyl groups is 1. The van der Waals surface area contributed by atoms with E-state index in [2.05, 4.69) is 6.92 Å². The lowest BCUT2D eigenvalue weighted by atomic mass is 9.93. The molecule has 0 bridgehead atoms. The molecule has 0 aromatic rings. The van der Waals surface area contributed by atoms with Crippen LogP contribution in [0.5, 0.6) is 0 Å². The van der Waals surface area contributed by atoms with Crippen LogP contribution in [0, 0.1) is 5.92 Å². The van der Waals surface area contributed by atoms with Gasteiger partial charge in [0.05, 0.1) is 12.6 Å². The number of carbonyl (C=O) groups excluding carboxylic acids is 1. The minimum atomic E-state index is -0.416. The fraction of sp³-hybridized carbons (Fsp3) is 0.875. The highest BCUT2D eigenvalue weighted by Crippen LogP contribution is 2.21. The normalized spacial score (nSPS) is 30.3. The fourth-order valence-electron chi connectivity index (χ4n) is 1.71. The monoisotopic (exact) mass is 172 g/mol. The number of likely N-dealkylation sites (tertiary alicyclic amines) is 1. The lowest BCUT2D eigenvalue weighted by molar-refractivity contribution is 0.0943. The first-order valence-corrected chi connectivity index (χ1v) is 4.32. The molecule has 0 aliphatic carbocycles. The third-order valence-corrected chi connectivity index (χ3v) is 2.47. The van der Waals surface area contributed by atoms with Crippen LogP contribution in [-0.2, 0) is 0 Å². The zero-order valence-corrected chi connectivity index (χ0v) is 7.36. The molecule has 0 saturated carbocycles. The number of urea groups is 1. The Morgan fingerprint density at radius 1 is 1.75 bits per heavy atom. The second-order valence-electron chi connectivity index (χ2n) is 3.50. The highest BCUT2D eigenvalue weighted by Gasteiger charge is 2.27. The van der Waals surface area contributed by atoms with Gasteiger partial charge in [0, 0.05) is 6.54 Å². The van der Waals surface area contributed by atoms with E-state index >= 15 is 0 Å².